The first kappa shape index (κ1) is 13.2. The number of hydrogen-bond donors (Lipinski definition) is 2. The standard InChI is InChI=1S/C16H19NO3/c1-16(2)19-9-11(10-20-16)17-14-7-3-6-13-12(14)5-4-8-15(13)18/h3-8,11,17-18H,9-10H2,1-2H3. The van der Waals surface area contributed by atoms with Crippen molar-refractivity contribution in [2.45, 2.75) is 25.7 Å². The predicted octanol–water partition coefficient (Wildman–Crippen LogP) is 3.11. The third-order valence-electron chi connectivity index (χ3n) is 3.52. The van der Waals surface area contributed by atoms with Crippen LogP contribution in [0.4, 0.5) is 5.69 Å². The molecule has 0 unspecified atom stereocenters. The van der Waals surface area contributed by atoms with Crippen LogP contribution in [0.5, 0.6) is 5.75 Å². The Morgan fingerprint density at radius 3 is 2.45 bits per heavy atom. The van der Waals surface area contributed by atoms with Crippen molar-refractivity contribution in [2.24, 2.45) is 0 Å². The molecular formula is C16H19NO3. The molecule has 1 aliphatic rings. The highest BCUT2D eigenvalue weighted by molar-refractivity contribution is 5.97. The van der Waals surface area contributed by atoms with Crippen molar-refractivity contribution in [2.75, 3.05) is 18.5 Å². The van der Waals surface area contributed by atoms with Gasteiger partial charge < -0.3 is 19.9 Å². The Labute approximate surface area is 118 Å². The number of benzene rings is 2. The van der Waals surface area contributed by atoms with E-state index in [0.717, 1.165) is 16.5 Å². The van der Waals surface area contributed by atoms with Crippen LogP contribution in [0.2, 0.25) is 0 Å². The molecule has 2 aromatic carbocycles. The Kier molecular flexibility index (Phi) is 3.28. The number of ether oxygens (including phenoxy) is 2. The Balaban J connectivity index is 1.83. The molecule has 20 heavy (non-hydrogen) atoms. The van der Waals surface area contributed by atoms with E-state index in [4.69, 9.17) is 9.47 Å². The van der Waals surface area contributed by atoms with E-state index in [0.29, 0.717) is 19.0 Å². The fraction of sp³-hybridized carbons (Fsp3) is 0.375. The number of nitrogens with one attached hydrogen (secondary N) is 1. The van der Waals surface area contributed by atoms with E-state index in [1.165, 1.54) is 0 Å². The fourth-order valence-corrected chi connectivity index (χ4v) is 2.41. The van der Waals surface area contributed by atoms with Gasteiger partial charge in [0, 0.05) is 16.5 Å². The summed E-state index contributed by atoms with van der Waals surface area (Å²) in [5.41, 5.74) is 0.982. The number of rotatable bonds is 2. The summed E-state index contributed by atoms with van der Waals surface area (Å²) in [6.07, 6.45) is 0. The van der Waals surface area contributed by atoms with Gasteiger partial charge in [-0.3, -0.25) is 0 Å². The van der Waals surface area contributed by atoms with Gasteiger partial charge in [0.25, 0.3) is 0 Å². The molecule has 1 aliphatic heterocycles. The molecule has 3 rings (SSSR count). The fourth-order valence-electron chi connectivity index (χ4n) is 2.41. The molecule has 2 aromatic rings. The minimum Gasteiger partial charge on any atom is -0.507 e. The minimum atomic E-state index is -0.505. The lowest BCUT2D eigenvalue weighted by molar-refractivity contribution is -0.247. The second kappa shape index (κ2) is 4.96. The number of phenols is 1. The Bertz CT molecular complexity index is 614. The van der Waals surface area contributed by atoms with E-state index >= 15 is 0 Å². The van der Waals surface area contributed by atoms with E-state index in [9.17, 15) is 5.11 Å². The Morgan fingerprint density at radius 2 is 1.70 bits per heavy atom. The molecule has 0 aromatic heterocycles. The average molecular weight is 273 g/mol. The van der Waals surface area contributed by atoms with Gasteiger partial charge in [0.15, 0.2) is 5.79 Å². The third-order valence-corrected chi connectivity index (χ3v) is 3.52. The molecule has 1 fully saturated rings. The van der Waals surface area contributed by atoms with Crippen molar-refractivity contribution in [1.29, 1.82) is 0 Å². The smallest absolute Gasteiger partial charge is 0.162 e. The molecule has 0 saturated carbocycles. The van der Waals surface area contributed by atoms with Gasteiger partial charge in [-0.25, -0.2) is 0 Å². The summed E-state index contributed by atoms with van der Waals surface area (Å²) in [6, 6.07) is 11.5. The zero-order valence-electron chi connectivity index (χ0n) is 11.7. The quantitative estimate of drug-likeness (QED) is 0.882. The van der Waals surface area contributed by atoms with Gasteiger partial charge in [0.05, 0.1) is 19.3 Å². The second-order valence-electron chi connectivity index (χ2n) is 5.54. The first-order valence-corrected chi connectivity index (χ1v) is 6.80. The van der Waals surface area contributed by atoms with Gasteiger partial charge in [-0.05, 0) is 26.0 Å². The molecule has 2 N–H and O–H groups in total. The maximum Gasteiger partial charge on any atom is 0.162 e. The van der Waals surface area contributed by atoms with Crippen LogP contribution in [0.1, 0.15) is 13.8 Å². The molecule has 0 amide bonds. The lowest BCUT2D eigenvalue weighted by Crippen LogP contribution is -2.45. The van der Waals surface area contributed by atoms with Crippen LogP contribution >= 0.6 is 0 Å². The molecule has 4 heteroatoms. The van der Waals surface area contributed by atoms with Gasteiger partial charge in [-0.15, -0.1) is 0 Å². The molecule has 106 valence electrons. The van der Waals surface area contributed by atoms with Gasteiger partial charge in [0.2, 0.25) is 0 Å². The van der Waals surface area contributed by atoms with Crippen LogP contribution in [0.25, 0.3) is 10.8 Å². The number of hydrogen-bond acceptors (Lipinski definition) is 4. The van der Waals surface area contributed by atoms with Crippen LogP contribution in [-0.4, -0.2) is 30.1 Å². The van der Waals surface area contributed by atoms with Crippen molar-refractivity contribution in [3.05, 3.63) is 36.4 Å². The molecule has 4 nitrogen and oxygen atoms in total. The monoisotopic (exact) mass is 273 g/mol. The second-order valence-corrected chi connectivity index (χ2v) is 5.54. The van der Waals surface area contributed by atoms with Crippen LogP contribution in [0.15, 0.2) is 36.4 Å². The van der Waals surface area contributed by atoms with Crippen molar-refractivity contribution in [1.82, 2.24) is 0 Å². The normalized spacial score (nSPS) is 19.1. The van der Waals surface area contributed by atoms with Crippen molar-refractivity contribution >= 4 is 16.5 Å². The minimum absolute atomic E-state index is 0.107. The highest BCUT2D eigenvalue weighted by Crippen LogP contribution is 2.30. The van der Waals surface area contributed by atoms with Crippen LogP contribution in [-0.2, 0) is 9.47 Å². The summed E-state index contributed by atoms with van der Waals surface area (Å²) in [5.74, 6) is -0.210. The summed E-state index contributed by atoms with van der Waals surface area (Å²) in [5, 5.41) is 15.2. The highest BCUT2D eigenvalue weighted by Gasteiger charge is 2.28. The van der Waals surface area contributed by atoms with E-state index in [1.54, 1.807) is 6.07 Å². The SMILES string of the molecule is CC1(C)OCC(Nc2cccc3c(O)cccc23)CO1. The van der Waals surface area contributed by atoms with Crippen molar-refractivity contribution in [3.63, 3.8) is 0 Å². The zero-order valence-corrected chi connectivity index (χ0v) is 11.7. The average Bonchev–Trinajstić information content (AvgIpc) is 2.42. The summed E-state index contributed by atoms with van der Waals surface area (Å²) in [4.78, 5) is 0. The zero-order chi connectivity index (χ0) is 14.2. The molecule has 0 bridgehead atoms. The maximum absolute atomic E-state index is 9.89. The summed E-state index contributed by atoms with van der Waals surface area (Å²) >= 11 is 0. The molecule has 0 spiro atoms. The number of anilines is 1. The van der Waals surface area contributed by atoms with Crippen molar-refractivity contribution < 1.29 is 14.6 Å². The van der Waals surface area contributed by atoms with Crippen LogP contribution < -0.4 is 5.32 Å². The van der Waals surface area contributed by atoms with Gasteiger partial charge in [-0.1, -0.05) is 24.3 Å². The first-order valence-electron chi connectivity index (χ1n) is 6.80. The molecule has 0 radical (unpaired) electrons. The van der Waals surface area contributed by atoms with Gasteiger partial charge >= 0.3 is 0 Å². The lowest BCUT2D eigenvalue weighted by atomic mass is 10.1. The first-order chi connectivity index (χ1) is 9.55. The summed E-state index contributed by atoms with van der Waals surface area (Å²) in [7, 11) is 0. The lowest BCUT2D eigenvalue weighted by Gasteiger charge is -2.35. The van der Waals surface area contributed by atoms with E-state index in [-0.39, 0.29) is 6.04 Å². The van der Waals surface area contributed by atoms with Crippen LogP contribution in [0, 0.1) is 0 Å². The Hall–Kier alpha value is -1.78. The highest BCUT2D eigenvalue weighted by atomic mass is 16.7. The van der Waals surface area contributed by atoms with Crippen LogP contribution in [0.3, 0.4) is 0 Å². The predicted molar refractivity (Wildman–Crippen MR) is 79.0 cm³/mol. The summed E-state index contributed by atoms with van der Waals surface area (Å²) < 4.78 is 11.3. The third kappa shape index (κ3) is 2.57. The Morgan fingerprint density at radius 1 is 1.05 bits per heavy atom. The number of aromatic hydroxyl groups is 1. The number of phenolic OH excluding ortho intramolecular Hbond substituents is 1. The molecule has 0 atom stereocenters. The summed E-state index contributed by atoms with van der Waals surface area (Å²) in [6.45, 7) is 5.03. The molecule has 1 heterocycles. The van der Waals surface area contributed by atoms with Gasteiger partial charge in [-0.2, -0.15) is 0 Å². The van der Waals surface area contributed by atoms with E-state index in [1.807, 2.05) is 44.2 Å². The molecular weight excluding hydrogens is 254 g/mol. The maximum atomic E-state index is 9.89. The van der Waals surface area contributed by atoms with E-state index < -0.39 is 5.79 Å². The van der Waals surface area contributed by atoms with E-state index in [2.05, 4.69) is 5.32 Å². The molecule has 1 saturated heterocycles. The molecule has 0 aliphatic carbocycles. The van der Waals surface area contributed by atoms with Gasteiger partial charge in [0.1, 0.15) is 5.75 Å². The largest absolute Gasteiger partial charge is 0.507 e. The topological polar surface area (TPSA) is 50.7 Å². The van der Waals surface area contributed by atoms with Crippen molar-refractivity contribution in [3.8, 4) is 5.75 Å². The number of fused-ring (bicyclic) bond motifs is 1.